The molecule has 0 aromatic heterocycles. The fourth-order valence-corrected chi connectivity index (χ4v) is 6.57. The van der Waals surface area contributed by atoms with Crippen LogP contribution >= 0.6 is 0 Å². The van der Waals surface area contributed by atoms with Gasteiger partial charge >= 0.3 is 0 Å². The van der Waals surface area contributed by atoms with E-state index in [1.807, 2.05) is 0 Å². The zero-order valence-corrected chi connectivity index (χ0v) is 32.6. The quantitative estimate of drug-likeness (QED) is 0.0438. The minimum atomic E-state index is -1.83. The molecule has 0 bridgehead atoms. The van der Waals surface area contributed by atoms with Crippen molar-refractivity contribution in [1.82, 2.24) is 16.0 Å². The van der Waals surface area contributed by atoms with E-state index in [4.69, 9.17) is 19.9 Å². The van der Waals surface area contributed by atoms with E-state index in [0.717, 1.165) is 19.3 Å². The molecule has 3 amide bonds. The summed E-state index contributed by atoms with van der Waals surface area (Å²) >= 11 is 0. The highest BCUT2D eigenvalue weighted by atomic mass is 16.7. The van der Waals surface area contributed by atoms with Crippen LogP contribution in [-0.2, 0) is 33.4 Å². The molecular formula is C37H68N4O14. The number of ether oxygens (including phenoxy) is 3. The molecule has 0 aliphatic carbocycles. The maximum Gasteiger partial charge on any atom is 0.236 e. The van der Waals surface area contributed by atoms with Crippen molar-refractivity contribution >= 4 is 23.5 Å². The number of rotatable bonds is 26. The molecule has 18 heteroatoms. The summed E-state index contributed by atoms with van der Waals surface area (Å²) in [5.41, 5.74) is 6.06. The molecule has 320 valence electrons. The van der Waals surface area contributed by atoms with Gasteiger partial charge in [0.15, 0.2) is 18.3 Å². The minimum Gasteiger partial charge on any atom is -0.394 e. The predicted octanol–water partition coefficient (Wildman–Crippen LogP) is -1.64. The highest BCUT2D eigenvalue weighted by molar-refractivity contribution is 5.91. The van der Waals surface area contributed by atoms with Gasteiger partial charge in [0.05, 0.1) is 25.3 Å². The number of unbranched alkanes of at least 4 members (excludes halogenated alkanes) is 8. The first-order valence-corrected chi connectivity index (χ1v) is 19.9. The molecule has 6 unspecified atom stereocenters. The van der Waals surface area contributed by atoms with Crippen molar-refractivity contribution in [1.29, 1.82) is 0 Å². The lowest BCUT2D eigenvalue weighted by Gasteiger charge is -2.46. The van der Waals surface area contributed by atoms with Gasteiger partial charge < -0.3 is 71.6 Å². The van der Waals surface area contributed by atoms with Crippen LogP contribution in [0.1, 0.15) is 111 Å². The molecule has 12 atom stereocenters. The van der Waals surface area contributed by atoms with E-state index in [0.29, 0.717) is 32.2 Å². The van der Waals surface area contributed by atoms with Crippen LogP contribution in [0, 0.1) is 5.92 Å². The number of aliphatic hydroxyl groups excluding tert-OH is 7. The summed E-state index contributed by atoms with van der Waals surface area (Å²) in [6, 6.07) is -1.38. The zero-order valence-electron chi connectivity index (χ0n) is 32.6. The third-order valence-electron chi connectivity index (χ3n) is 10.1. The van der Waals surface area contributed by atoms with Crippen molar-refractivity contribution in [3.8, 4) is 0 Å². The number of hydrogen-bond acceptors (Lipinski definition) is 15. The van der Waals surface area contributed by atoms with Gasteiger partial charge in [-0.15, -0.1) is 0 Å². The number of amides is 3. The second kappa shape index (κ2) is 25.8. The summed E-state index contributed by atoms with van der Waals surface area (Å²) in [7, 11) is 0. The number of Topliss-reactive ketones (excluding diaryl/α,β-unsaturated/α-hetero) is 1. The maximum absolute atomic E-state index is 12.9. The van der Waals surface area contributed by atoms with Crippen molar-refractivity contribution in [2.45, 2.75) is 184 Å². The van der Waals surface area contributed by atoms with Crippen molar-refractivity contribution in [2.75, 3.05) is 19.8 Å². The second-order valence-electron chi connectivity index (χ2n) is 15.0. The number of nitrogens with one attached hydrogen (secondary N) is 3. The largest absolute Gasteiger partial charge is 0.394 e. The molecule has 18 nitrogen and oxygen atoms in total. The van der Waals surface area contributed by atoms with Gasteiger partial charge in [-0.3, -0.25) is 19.2 Å². The van der Waals surface area contributed by atoms with Gasteiger partial charge in [-0.1, -0.05) is 72.1 Å². The van der Waals surface area contributed by atoms with Gasteiger partial charge in [-0.2, -0.15) is 0 Å². The number of carbonyl (C=O) groups is 4. The second-order valence-corrected chi connectivity index (χ2v) is 15.0. The lowest BCUT2D eigenvalue weighted by Crippen LogP contribution is -2.66. The fourth-order valence-electron chi connectivity index (χ4n) is 6.57. The SMILES string of the molecule is CCCCCCCCCCC(N)C(=O)NCCCCC(NC(=O)CCC(=O)N[C@@H]1OC(CO)[C@@H](O[C@@H]2OC(CO)[C@H](O)[C@H](O)C2O)[C@H](O)C1O)C(=O)C(C)C. The number of carbonyl (C=O) groups excluding carboxylic acids is 4. The van der Waals surface area contributed by atoms with Gasteiger partial charge in [0.25, 0.3) is 0 Å². The molecule has 2 saturated heterocycles. The van der Waals surface area contributed by atoms with E-state index in [-0.39, 0.29) is 30.4 Å². The monoisotopic (exact) mass is 792 g/mol. The first-order chi connectivity index (χ1) is 26.2. The van der Waals surface area contributed by atoms with Gasteiger partial charge in [0, 0.05) is 25.3 Å². The van der Waals surface area contributed by atoms with E-state index in [9.17, 15) is 54.9 Å². The molecule has 55 heavy (non-hydrogen) atoms. The van der Waals surface area contributed by atoms with Crippen molar-refractivity contribution in [2.24, 2.45) is 11.7 Å². The Morgan fingerprint density at radius 3 is 1.93 bits per heavy atom. The molecular weight excluding hydrogens is 724 g/mol. The van der Waals surface area contributed by atoms with Crippen LogP contribution in [0.15, 0.2) is 0 Å². The molecule has 0 aromatic carbocycles. The Balaban J connectivity index is 1.77. The summed E-state index contributed by atoms with van der Waals surface area (Å²) in [4.78, 5) is 50.9. The molecule has 2 heterocycles. The van der Waals surface area contributed by atoms with E-state index in [1.165, 1.54) is 32.1 Å². The third-order valence-corrected chi connectivity index (χ3v) is 10.1. The molecule has 2 aliphatic rings. The van der Waals surface area contributed by atoms with E-state index in [2.05, 4.69) is 22.9 Å². The van der Waals surface area contributed by atoms with Crippen LogP contribution in [0.2, 0.25) is 0 Å². The van der Waals surface area contributed by atoms with Crippen molar-refractivity contribution in [3.05, 3.63) is 0 Å². The fraction of sp³-hybridized carbons (Fsp3) is 0.892. The van der Waals surface area contributed by atoms with Crippen LogP contribution in [-0.4, -0.2) is 152 Å². The number of nitrogens with two attached hydrogens (primary N) is 1. The van der Waals surface area contributed by atoms with E-state index in [1.54, 1.807) is 13.8 Å². The summed E-state index contributed by atoms with van der Waals surface area (Å²) in [6.07, 6.45) is -5.76. The summed E-state index contributed by atoms with van der Waals surface area (Å²) < 4.78 is 16.3. The average molecular weight is 793 g/mol. The topological polar surface area (TPSA) is 300 Å². The van der Waals surface area contributed by atoms with E-state index >= 15 is 0 Å². The molecule has 2 aliphatic heterocycles. The first kappa shape index (κ1) is 48.8. The average Bonchev–Trinajstić information content (AvgIpc) is 3.16. The Labute approximate surface area is 323 Å². The normalized spacial score (nSPS) is 29.4. The van der Waals surface area contributed by atoms with Crippen molar-refractivity contribution < 1.29 is 69.1 Å². The smallest absolute Gasteiger partial charge is 0.236 e. The number of ketones is 1. The predicted molar refractivity (Wildman–Crippen MR) is 198 cm³/mol. The molecule has 2 rings (SSSR count). The zero-order chi connectivity index (χ0) is 41.1. The Morgan fingerprint density at radius 2 is 1.31 bits per heavy atom. The van der Waals surface area contributed by atoms with Crippen LogP contribution in [0.5, 0.6) is 0 Å². The lowest BCUT2D eigenvalue weighted by atomic mass is 9.96. The Hall–Kier alpha value is -2.36. The highest BCUT2D eigenvalue weighted by Crippen LogP contribution is 2.29. The maximum atomic E-state index is 12.9. The molecule has 12 N–H and O–H groups in total. The summed E-state index contributed by atoms with van der Waals surface area (Å²) in [5.74, 6) is -2.08. The first-order valence-electron chi connectivity index (χ1n) is 19.9. The number of hydrogen-bond donors (Lipinski definition) is 11. The molecule has 0 saturated carbocycles. The van der Waals surface area contributed by atoms with Crippen LogP contribution in [0.25, 0.3) is 0 Å². The third kappa shape index (κ3) is 16.2. The molecule has 0 spiro atoms. The summed E-state index contributed by atoms with van der Waals surface area (Å²) in [5, 5.41) is 79.0. The van der Waals surface area contributed by atoms with Crippen LogP contribution in [0.3, 0.4) is 0 Å². The van der Waals surface area contributed by atoms with Crippen molar-refractivity contribution in [3.63, 3.8) is 0 Å². The molecule has 0 radical (unpaired) electrons. The minimum absolute atomic E-state index is 0.183. The lowest BCUT2D eigenvalue weighted by molar-refractivity contribution is -0.343. The van der Waals surface area contributed by atoms with Gasteiger partial charge in [-0.05, 0) is 25.7 Å². The van der Waals surface area contributed by atoms with Gasteiger partial charge in [-0.25, -0.2) is 0 Å². The highest BCUT2D eigenvalue weighted by Gasteiger charge is 2.50. The summed E-state index contributed by atoms with van der Waals surface area (Å²) in [6.45, 7) is 4.47. The standard InChI is InChI=1S/C37H68N4O14/c1-4-5-6-7-8-9-10-11-14-22(38)35(52)39-18-13-12-15-23(28(46)21(2)3)40-26(44)16-17-27(45)41-36-32(50)31(49)34(25(20-43)53-36)55-37-33(51)30(48)29(47)24(19-42)54-37/h21-25,29-34,36-37,42-43,47-51H,4-20,38H2,1-3H3,(H,39,52)(H,40,44)(H,41,45)/t22?,23?,24?,25?,29-,30-,31+,32?,33?,34+,36+,37-/m0/s1. The van der Waals surface area contributed by atoms with Gasteiger partial charge in [0.1, 0.15) is 48.8 Å². The number of aliphatic hydroxyl groups is 7. The molecule has 2 fully saturated rings. The Kier molecular flexibility index (Phi) is 22.9. The molecule has 0 aromatic rings. The Bertz CT molecular complexity index is 1150. The van der Waals surface area contributed by atoms with Crippen LogP contribution < -0.4 is 21.7 Å². The Morgan fingerprint density at radius 1 is 0.709 bits per heavy atom. The van der Waals surface area contributed by atoms with Gasteiger partial charge in [0.2, 0.25) is 17.7 Å². The van der Waals surface area contributed by atoms with Crippen LogP contribution in [0.4, 0.5) is 0 Å². The van der Waals surface area contributed by atoms with E-state index < -0.39 is 98.5 Å².